The number of carbonyl (C=O) groups is 1. The minimum atomic E-state index is -0.266. The quantitative estimate of drug-likeness (QED) is 0.715. The van der Waals surface area contributed by atoms with Gasteiger partial charge in [-0.3, -0.25) is 4.79 Å². The Hall–Kier alpha value is -1.31. The molecule has 0 saturated heterocycles. The summed E-state index contributed by atoms with van der Waals surface area (Å²) in [6, 6.07) is 7.75. The van der Waals surface area contributed by atoms with Gasteiger partial charge in [-0.05, 0) is 24.5 Å². The van der Waals surface area contributed by atoms with Crippen molar-refractivity contribution in [2.45, 2.75) is 12.8 Å². The van der Waals surface area contributed by atoms with Crippen molar-refractivity contribution in [1.29, 1.82) is 0 Å². The number of nitrogens with two attached hydrogens (primary N) is 1. The molecule has 1 amide bonds. The zero-order valence-electron chi connectivity index (χ0n) is 6.92. The average Bonchev–Trinajstić information content (AvgIpc) is 2.03. The lowest BCUT2D eigenvalue weighted by Gasteiger charge is -2.02. The number of hydrogen-bond donors (Lipinski definition) is 1. The van der Waals surface area contributed by atoms with E-state index < -0.39 is 0 Å². The van der Waals surface area contributed by atoms with E-state index in [0.29, 0.717) is 12.8 Å². The van der Waals surface area contributed by atoms with E-state index in [1.54, 1.807) is 0 Å². The van der Waals surface area contributed by atoms with E-state index in [-0.39, 0.29) is 5.91 Å². The lowest BCUT2D eigenvalue weighted by atomic mass is 10.0. The van der Waals surface area contributed by atoms with Crippen molar-refractivity contribution in [2.24, 2.45) is 5.73 Å². The summed E-state index contributed by atoms with van der Waals surface area (Å²) in [5, 5.41) is 0. The molecule has 1 rings (SSSR count). The van der Waals surface area contributed by atoms with Gasteiger partial charge in [-0.2, -0.15) is 0 Å². The Balaban J connectivity index is 2.63. The molecule has 0 bridgehead atoms. The smallest absolute Gasteiger partial charge is 0.217 e. The Bertz CT molecular complexity index is 281. The molecule has 0 fully saturated rings. The van der Waals surface area contributed by atoms with Gasteiger partial charge in [0.2, 0.25) is 5.91 Å². The van der Waals surface area contributed by atoms with Crippen molar-refractivity contribution in [1.82, 2.24) is 0 Å². The van der Waals surface area contributed by atoms with Crippen LogP contribution in [0.5, 0.6) is 0 Å². The molecule has 0 heterocycles. The fourth-order valence-electron chi connectivity index (χ4n) is 1.06. The first-order valence-corrected chi connectivity index (χ1v) is 3.88. The van der Waals surface area contributed by atoms with Crippen molar-refractivity contribution in [3.63, 3.8) is 0 Å². The van der Waals surface area contributed by atoms with Gasteiger partial charge in [-0.25, -0.2) is 0 Å². The number of benzene rings is 1. The number of primary amides is 1. The zero-order valence-corrected chi connectivity index (χ0v) is 6.92. The molecule has 0 aliphatic rings. The molecule has 1 radical (unpaired) electrons. The van der Waals surface area contributed by atoms with Gasteiger partial charge in [0.1, 0.15) is 0 Å². The molecule has 0 saturated carbocycles. The molecular formula is C10H12NO. The average molecular weight is 162 g/mol. The third kappa shape index (κ3) is 2.38. The molecule has 0 aromatic heterocycles. The van der Waals surface area contributed by atoms with E-state index >= 15 is 0 Å². The normalized spacial score (nSPS) is 9.75. The molecule has 63 valence electrons. The summed E-state index contributed by atoms with van der Waals surface area (Å²) in [6.45, 7) is 3.85. The highest BCUT2D eigenvalue weighted by atomic mass is 16.1. The highest BCUT2D eigenvalue weighted by molar-refractivity contribution is 5.74. The van der Waals surface area contributed by atoms with E-state index in [9.17, 15) is 4.79 Å². The minimum absolute atomic E-state index is 0.266. The summed E-state index contributed by atoms with van der Waals surface area (Å²) >= 11 is 0. The maximum atomic E-state index is 10.5. The van der Waals surface area contributed by atoms with Gasteiger partial charge in [0.25, 0.3) is 0 Å². The number of hydrogen-bond acceptors (Lipinski definition) is 1. The molecule has 0 aliphatic carbocycles. The van der Waals surface area contributed by atoms with Crippen LogP contribution in [-0.4, -0.2) is 5.91 Å². The number of amides is 1. The van der Waals surface area contributed by atoms with Crippen LogP contribution in [0.25, 0.3) is 0 Å². The Kier molecular flexibility index (Phi) is 2.86. The number of aryl methyl sites for hydroxylation is 1. The molecule has 2 heteroatoms. The van der Waals surface area contributed by atoms with Crippen LogP contribution in [-0.2, 0) is 11.2 Å². The molecule has 2 N–H and O–H groups in total. The van der Waals surface area contributed by atoms with E-state index in [2.05, 4.69) is 6.92 Å². The Morgan fingerprint density at radius 1 is 1.42 bits per heavy atom. The molecule has 0 unspecified atom stereocenters. The maximum absolute atomic E-state index is 10.5. The molecule has 2 nitrogen and oxygen atoms in total. The summed E-state index contributed by atoms with van der Waals surface area (Å²) in [5.74, 6) is -0.266. The molecule has 0 spiro atoms. The zero-order chi connectivity index (χ0) is 8.97. The number of rotatable bonds is 3. The van der Waals surface area contributed by atoms with E-state index in [0.717, 1.165) is 11.1 Å². The van der Waals surface area contributed by atoms with Crippen molar-refractivity contribution in [3.8, 4) is 0 Å². The lowest BCUT2D eigenvalue weighted by Crippen LogP contribution is -2.11. The van der Waals surface area contributed by atoms with Crippen LogP contribution in [0.1, 0.15) is 17.5 Å². The van der Waals surface area contributed by atoms with Crippen LogP contribution in [0.4, 0.5) is 0 Å². The third-order valence-electron chi connectivity index (χ3n) is 1.76. The predicted molar refractivity (Wildman–Crippen MR) is 48.4 cm³/mol. The standard InChI is InChI=1S/C10H12NO/c1-8-4-2-3-5-9(8)6-7-10(11)12/h2-5H,1,6-7H2,(H2,11,12). The monoisotopic (exact) mass is 162 g/mol. The van der Waals surface area contributed by atoms with Gasteiger partial charge < -0.3 is 5.73 Å². The lowest BCUT2D eigenvalue weighted by molar-refractivity contribution is -0.117. The second-order valence-corrected chi connectivity index (χ2v) is 2.74. The summed E-state index contributed by atoms with van der Waals surface area (Å²) in [6.07, 6.45) is 1.08. The van der Waals surface area contributed by atoms with E-state index in [1.807, 2.05) is 24.3 Å². The van der Waals surface area contributed by atoms with Crippen molar-refractivity contribution < 1.29 is 4.79 Å². The molecule has 0 aliphatic heterocycles. The molecule has 1 aromatic carbocycles. The Morgan fingerprint density at radius 2 is 2.08 bits per heavy atom. The third-order valence-corrected chi connectivity index (χ3v) is 1.76. The van der Waals surface area contributed by atoms with Crippen LogP contribution in [0.15, 0.2) is 24.3 Å². The fraction of sp³-hybridized carbons (Fsp3) is 0.200. The van der Waals surface area contributed by atoms with E-state index in [4.69, 9.17) is 5.73 Å². The van der Waals surface area contributed by atoms with Gasteiger partial charge in [0, 0.05) is 6.42 Å². The number of carbonyl (C=O) groups excluding carboxylic acids is 1. The molecule has 1 aromatic rings. The van der Waals surface area contributed by atoms with Gasteiger partial charge in [0.15, 0.2) is 0 Å². The molecule has 12 heavy (non-hydrogen) atoms. The highest BCUT2D eigenvalue weighted by Crippen LogP contribution is 2.08. The van der Waals surface area contributed by atoms with Crippen molar-refractivity contribution in [2.75, 3.05) is 0 Å². The van der Waals surface area contributed by atoms with Crippen LogP contribution < -0.4 is 5.73 Å². The van der Waals surface area contributed by atoms with Crippen LogP contribution in [0.2, 0.25) is 0 Å². The van der Waals surface area contributed by atoms with E-state index in [1.165, 1.54) is 0 Å². The first kappa shape index (κ1) is 8.78. The van der Waals surface area contributed by atoms with Gasteiger partial charge in [-0.15, -0.1) is 0 Å². The summed E-state index contributed by atoms with van der Waals surface area (Å²) < 4.78 is 0. The van der Waals surface area contributed by atoms with Gasteiger partial charge >= 0.3 is 0 Å². The fourth-order valence-corrected chi connectivity index (χ4v) is 1.06. The summed E-state index contributed by atoms with van der Waals surface area (Å²) in [4.78, 5) is 10.5. The second kappa shape index (κ2) is 3.90. The largest absolute Gasteiger partial charge is 0.370 e. The Morgan fingerprint density at radius 3 is 2.67 bits per heavy atom. The van der Waals surface area contributed by atoms with Gasteiger partial charge in [0.05, 0.1) is 0 Å². The van der Waals surface area contributed by atoms with Crippen LogP contribution in [0.3, 0.4) is 0 Å². The predicted octanol–water partition coefficient (Wildman–Crippen LogP) is 1.29. The SMILES string of the molecule is [CH2]c1ccccc1CCC(N)=O. The maximum Gasteiger partial charge on any atom is 0.217 e. The molecule has 0 atom stereocenters. The first-order valence-electron chi connectivity index (χ1n) is 3.88. The second-order valence-electron chi connectivity index (χ2n) is 2.74. The molecular weight excluding hydrogens is 150 g/mol. The van der Waals surface area contributed by atoms with Crippen LogP contribution in [0, 0.1) is 6.92 Å². The minimum Gasteiger partial charge on any atom is -0.370 e. The summed E-state index contributed by atoms with van der Waals surface area (Å²) in [5.41, 5.74) is 7.10. The topological polar surface area (TPSA) is 43.1 Å². The van der Waals surface area contributed by atoms with Crippen molar-refractivity contribution >= 4 is 5.91 Å². The summed E-state index contributed by atoms with van der Waals surface area (Å²) in [7, 11) is 0. The Labute approximate surface area is 72.4 Å². The van der Waals surface area contributed by atoms with Crippen molar-refractivity contribution in [3.05, 3.63) is 42.3 Å². The highest BCUT2D eigenvalue weighted by Gasteiger charge is 1.98. The van der Waals surface area contributed by atoms with Gasteiger partial charge in [-0.1, -0.05) is 24.3 Å². The van der Waals surface area contributed by atoms with Crippen LogP contribution >= 0.6 is 0 Å². The first-order chi connectivity index (χ1) is 5.70.